The number of Topliss-reactive ketones (excluding diaryl/α,β-unsaturated/α-hetero) is 1. The predicted molar refractivity (Wildman–Crippen MR) is 70.1 cm³/mol. The summed E-state index contributed by atoms with van der Waals surface area (Å²) >= 11 is 0. The monoisotopic (exact) mass is 266 g/mol. The Hall–Kier alpha value is -2.08. The first-order valence-electron chi connectivity index (χ1n) is 5.89. The minimum Gasteiger partial charge on any atom is -0.493 e. The van der Waals surface area contributed by atoms with Gasteiger partial charge in [-0.2, -0.15) is 0 Å². The lowest BCUT2D eigenvalue weighted by atomic mass is 10.1. The number of rotatable bonds is 7. The number of nitrogens with two attached hydrogens (primary N) is 1. The fraction of sp³-hybridized carbons (Fsp3) is 0.385. The molecule has 0 aliphatic heterocycles. The summed E-state index contributed by atoms with van der Waals surface area (Å²) in [6, 6.07) is 4.98. The van der Waals surface area contributed by atoms with Crippen molar-refractivity contribution in [3.63, 3.8) is 0 Å². The summed E-state index contributed by atoms with van der Waals surface area (Å²) in [6.07, 6.45) is 0.838. The van der Waals surface area contributed by atoms with Crippen LogP contribution < -0.4 is 20.7 Å². The normalized spacial score (nSPS) is 9.84. The Kier molecular flexibility index (Phi) is 5.81. The van der Waals surface area contributed by atoms with Gasteiger partial charge in [-0.15, -0.1) is 0 Å². The highest BCUT2D eigenvalue weighted by molar-refractivity contribution is 5.94. The summed E-state index contributed by atoms with van der Waals surface area (Å²) in [5.41, 5.74) is 2.61. The molecule has 0 aliphatic carbocycles. The fourth-order valence-electron chi connectivity index (χ4n) is 1.49. The average molecular weight is 266 g/mol. The fourth-order valence-corrected chi connectivity index (χ4v) is 1.49. The van der Waals surface area contributed by atoms with E-state index in [1.165, 1.54) is 14.0 Å². The van der Waals surface area contributed by atoms with Crippen LogP contribution in [0.25, 0.3) is 0 Å². The van der Waals surface area contributed by atoms with Crippen molar-refractivity contribution in [1.29, 1.82) is 0 Å². The minimum atomic E-state index is -0.234. The van der Waals surface area contributed by atoms with Crippen molar-refractivity contribution in [2.24, 2.45) is 5.84 Å². The van der Waals surface area contributed by atoms with Crippen LogP contribution in [-0.2, 0) is 4.79 Å². The molecule has 0 atom stereocenters. The van der Waals surface area contributed by atoms with Crippen molar-refractivity contribution < 1.29 is 19.1 Å². The smallest absolute Gasteiger partial charge is 0.234 e. The molecule has 0 heterocycles. The molecule has 0 bridgehead atoms. The molecule has 6 nitrogen and oxygen atoms in total. The summed E-state index contributed by atoms with van der Waals surface area (Å²) in [6.45, 7) is 1.85. The van der Waals surface area contributed by atoms with Crippen LogP contribution in [-0.4, -0.2) is 25.4 Å². The van der Waals surface area contributed by atoms with E-state index in [0.717, 1.165) is 0 Å². The van der Waals surface area contributed by atoms with Gasteiger partial charge < -0.3 is 9.47 Å². The Labute approximate surface area is 111 Å². The topological polar surface area (TPSA) is 90.6 Å². The van der Waals surface area contributed by atoms with Crippen molar-refractivity contribution in [2.75, 3.05) is 13.7 Å². The highest BCUT2D eigenvalue weighted by atomic mass is 16.5. The van der Waals surface area contributed by atoms with Crippen LogP contribution in [0, 0.1) is 0 Å². The summed E-state index contributed by atoms with van der Waals surface area (Å²) in [4.78, 5) is 22.2. The van der Waals surface area contributed by atoms with Crippen LogP contribution in [0.2, 0.25) is 0 Å². The first kappa shape index (κ1) is 15.0. The predicted octanol–water partition coefficient (Wildman–Crippen LogP) is 1.05. The molecule has 0 fully saturated rings. The molecular formula is C13H18N2O4. The Morgan fingerprint density at radius 2 is 2.05 bits per heavy atom. The first-order valence-corrected chi connectivity index (χ1v) is 5.89. The summed E-state index contributed by atoms with van der Waals surface area (Å²) in [5, 5.41) is 0. The third-order valence-electron chi connectivity index (χ3n) is 2.54. The summed E-state index contributed by atoms with van der Waals surface area (Å²) in [7, 11) is 1.51. The van der Waals surface area contributed by atoms with Crippen LogP contribution in [0.5, 0.6) is 11.5 Å². The SMILES string of the molecule is COc1cc(C(C)=O)ccc1OCCCC(=O)NN. The van der Waals surface area contributed by atoms with Crippen molar-refractivity contribution >= 4 is 11.7 Å². The van der Waals surface area contributed by atoms with Crippen LogP contribution in [0.1, 0.15) is 30.1 Å². The number of hydrogen-bond acceptors (Lipinski definition) is 5. The second-order valence-corrected chi connectivity index (χ2v) is 3.94. The third-order valence-corrected chi connectivity index (χ3v) is 2.54. The Morgan fingerprint density at radius 1 is 1.32 bits per heavy atom. The number of hydrogen-bond donors (Lipinski definition) is 2. The Balaban J connectivity index is 2.58. The molecule has 3 N–H and O–H groups in total. The van der Waals surface area contributed by atoms with Crippen molar-refractivity contribution in [3.8, 4) is 11.5 Å². The molecule has 1 amide bonds. The molecule has 1 rings (SSSR count). The number of nitrogens with one attached hydrogen (secondary N) is 1. The molecule has 1 aromatic carbocycles. The zero-order valence-electron chi connectivity index (χ0n) is 11.1. The number of amides is 1. The Morgan fingerprint density at radius 3 is 2.63 bits per heavy atom. The number of carbonyl (C=O) groups is 2. The van der Waals surface area contributed by atoms with E-state index in [2.05, 4.69) is 0 Å². The summed E-state index contributed by atoms with van der Waals surface area (Å²) < 4.78 is 10.7. The van der Waals surface area contributed by atoms with Gasteiger partial charge >= 0.3 is 0 Å². The molecule has 1 aromatic rings. The molecule has 0 saturated carbocycles. The third kappa shape index (κ3) is 4.59. The first-order chi connectivity index (χ1) is 9.08. The van der Waals surface area contributed by atoms with Crippen molar-refractivity contribution in [2.45, 2.75) is 19.8 Å². The van der Waals surface area contributed by atoms with Gasteiger partial charge in [-0.3, -0.25) is 15.0 Å². The molecule has 19 heavy (non-hydrogen) atoms. The zero-order valence-corrected chi connectivity index (χ0v) is 11.1. The molecule has 0 unspecified atom stereocenters. The average Bonchev–Trinajstić information content (AvgIpc) is 2.42. The van der Waals surface area contributed by atoms with E-state index in [-0.39, 0.29) is 11.7 Å². The lowest BCUT2D eigenvalue weighted by Gasteiger charge is -2.11. The van der Waals surface area contributed by atoms with E-state index in [0.29, 0.717) is 36.5 Å². The molecule has 0 aromatic heterocycles. The van der Waals surface area contributed by atoms with Gasteiger partial charge in [-0.05, 0) is 31.5 Å². The van der Waals surface area contributed by atoms with Crippen LogP contribution in [0.15, 0.2) is 18.2 Å². The number of hydrazine groups is 1. The molecule has 0 aliphatic rings. The molecule has 104 valence electrons. The molecular weight excluding hydrogens is 248 g/mol. The van der Waals surface area contributed by atoms with E-state index in [1.807, 2.05) is 5.43 Å². The number of ketones is 1. The van der Waals surface area contributed by atoms with Crippen LogP contribution in [0.4, 0.5) is 0 Å². The van der Waals surface area contributed by atoms with E-state index >= 15 is 0 Å². The van der Waals surface area contributed by atoms with Gasteiger partial charge in [0.15, 0.2) is 17.3 Å². The van der Waals surface area contributed by atoms with Gasteiger partial charge in [0.05, 0.1) is 13.7 Å². The standard InChI is InChI=1S/C13H18N2O4/c1-9(16)10-5-6-11(12(8-10)18-2)19-7-3-4-13(17)15-14/h5-6,8H,3-4,7,14H2,1-2H3,(H,15,17). The number of carbonyl (C=O) groups excluding carboxylic acids is 2. The second-order valence-electron chi connectivity index (χ2n) is 3.94. The van der Waals surface area contributed by atoms with Crippen molar-refractivity contribution in [3.05, 3.63) is 23.8 Å². The van der Waals surface area contributed by atoms with E-state index in [9.17, 15) is 9.59 Å². The highest BCUT2D eigenvalue weighted by Gasteiger charge is 2.08. The minimum absolute atomic E-state index is 0.0375. The van der Waals surface area contributed by atoms with E-state index in [1.54, 1.807) is 18.2 Å². The molecule has 0 saturated heterocycles. The largest absolute Gasteiger partial charge is 0.493 e. The molecule has 0 spiro atoms. The van der Waals surface area contributed by atoms with Crippen LogP contribution >= 0.6 is 0 Å². The van der Waals surface area contributed by atoms with Gasteiger partial charge in [0.25, 0.3) is 0 Å². The number of ether oxygens (including phenoxy) is 2. The van der Waals surface area contributed by atoms with Crippen molar-refractivity contribution in [1.82, 2.24) is 5.43 Å². The number of benzene rings is 1. The second kappa shape index (κ2) is 7.38. The maximum absolute atomic E-state index is 11.2. The van der Waals surface area contributed by atoms with Gasteiger partial charge in [0, 0.05) is 12.0 Å². The maximum atomic E-state index is 11.2. The van der Waals surface area contributed by atoms with E-state index in [4.69, 9.17) is 15.3 Å². The maximum Gasteiger partial charge on any atom is 0.234 e. The Bertz CT molecular complexity index is 460. The van der Waals surface area contributed by atoms with Gasteiger partial charge in [0.2, 0.25) is 5.91 Å². The lowest BCUT2D eigenvalue weighted by Crippen LogP contribution is -2.29. The quantitative estimate of drug-likeness (QED) is 0.253. The summed E-state index contributed by atoms with van der Waals surface area (Å²) in [5.74, 6) is 5.73. The van der Waals surface area contributed by atoms with E-state index < -0.39 is 0 Å². The van der Waals surface area contributed by atoms with Crippen LogP contribution in [0.3, 0.4) is 0 Å². The van der Waals surface area contributed by atoms with Gasteiger partial charge in [-0.25, -0.2) is 5.84 Å². The molecule has 6 heteroatoms. The highest BCUT2D eigenvalue weighted by Crippen LogP contribution is 2.28. The van der Waals surface area contributed by atoms with Gasteiger partial charge in [0.1, 0.15) is 0 Å². The lowest BCUT2D eigenvalue weighted by molar-refractivity contribution is -0.121. The zero-order chi connectivity index (χ0) is 14.3. The molecule has 0 radical (unpaired) electrons. The number of methoxy groups -OCH3 is 1. The van der Waals surface area contributed by atoms with Gasteiger partial charge in [-0.1, -0.05) is 0 Å².